The molecule has 0 saturated carbocycles. The van der Waals surface area contributed by atoms with Crippen molar-refractivity contribution < 1.29 is 9.21 Å². The second kappa shape index (κ2) is 7.71. The normalized spacial score (nSPS) is 15.2. The van der Waals surface area contributed by atoms with Gasteiger partial charge in [0.2, 0.25) is 17.7 Å². The molecule has 0 bridgehead atoms. The maximum absolute atomic E-state index is 12.4. The summed E-state index contributed by atoms with van der Waals surface area (Å²) in [6.07, 6.45) is 4.14. The van der Waals surface area contributed by atoms with Crippen molar-refractivity contribution in [3.63, 3.8) is 0 Å². The molecule has 2 aromatic heterocycles. The Morgan fingerprint density at radius 3 is 2.59 bits per heavy atom. The number of amides is 1. The highest BCUT2D eigenvalue weighted by molar-refractivity contribution is 5.77. The SMILES string of the molecule is Cc1nnc(CC(=O)N2CCN(Cc3cnn(-c4ccccc4)c3)CC2)o1. The molecule has 0 spiro atoms. The topological polar surface area (TPSA) is 80.3 Å². The average Bonchev–Trinajstić information content (AvgIpc) is 3.32. The zero-order valence-corrected chi connectivity index (χ0v) is 15.3. The van der Waals surface area contributed by atoms with Crippen molar-refractivity contribution in [2.45, 2.75) is 19.9 Å². The summed E-state index contributed by atoms with van der Waals surface area (Å²) < 4.78 is 7.18. The van der Waals surface area contributed by atoms with Gasteiger partial charge in [-0.3, -0.25) is 9.69 Å². The smallest absolute Gasteiger partial charge is 0.232 e. The van der Waals surface area contributed by atoms with E-state index in [1.54, 1.807) is 6.92 Å². The molecule has 3 aromatic rings. The van der Waals surface area contributed by atoms with Gasteiger partial charge in [0.15, 0.2) is 0 Å². The van der Waals surface area contributed by atoms with Gasteiger partial charge in [-0.2, -0.15) is 5.10 Å². The summed E-state index contributed by atoms with van der Waals surface area (Å²) in [5, 5.41) is 12.1. The number of rotatable bonds is 5. The fourth-order valence-electron chi connectivity index (χ4n) is 3.23. The van der Waals surface area contributed by atoms with Crippen LogP contribution in [0.1, 0.15) is 17.3 Å². The van der Waals surface area contributed by atoms with E-state index in [-0.39, 0.29) is 12.3 Å². The third kappa shape index (κ3) is 4.22. The van der Waals surface area contributed by atoms with Crippen LogP contribution in [0, 0.1) is 6.92 Å². The first-order chi connectivity index (χ1) is 13.2. The van der Waals surface area contributed by atoms with Gasteiger partial charge in [0.1, 0.15) is 6.42 Å². The largest absolute Gasteiger partial charge is 0.425 e. The number of carbonyl (C=O) groups excluding carboxylic acids is 1. The van der Waals surface area contributed by atoms with E-state index < -0.39 is 0 Å². The van der Waals surface area contributed by atoms with E-state index in [0.29, 0.717) is 24.9 Å². The van der Waals surface area contributed by atoms with Gasteiger partial charge in [0.25, 0.3) is 0 Å². The average molecular weight is 366 g/mol. The van der Waals surface area contributed by atoms with Gasteiger partial charge in [-0.05, 0) is 12.1 Å². The molecule has 1 saturated heterocycles. The summed E-state index contributed by atoms with van der Waals surface area (Å²) in [7, 11) is 0. The van der Waals surface area contributed by atoms with Gasteiger partial charge in [-0.1, -0.05) is 18.2 Å². The molecule has 4 rings (SSSR count). The quantitative estimate of drug-likeness (QED) is 0.680. The van der Waals surface area contributed by atoms with Crippen LogP contribution < -0.4 is 0 Å². The van der Waals surface area contributed by atoms with Crippen molar-refractivity contribution in [3.8, 4) is 5.69 Å². The third-order valence-electron chi connectivity index (χ3n) is 4.66. The monoisotopic (exact) mass is 366 g/mol. The van der Waals surface area contributed by atoms with E-state index in [1.165, 1.54) is 5.56 Å². The molecule has 140 valence electrons. The van der Waals surface area contributed by atoms with Crippen molar-refractivity contribution in [1.82, 2.24) is 29.8 Å². The number of hydrogen-bond donors (Lipinski definition) is 0. The van der Waals surface area contributed by atoms with Crippen molar-refractivity contribution in [1.29, 1.82) is 0 Å². The molecule has 0 atom stereocenters. The molecule has 1 aromatic carbocycles. The van der Waals surface area contributed by atoms with Crippen LogP contribution >= 0.6 is 0 Å². The summed E-state index contributed by atoms with van der Waals surface area (Å²) in [4.78, 5) is 16.6. The second-order valence-electron chi connectivity index (χ2n) is 6.68. The minimum atomic E-state index is 0.0372. The van der Waals surface area contributed by atoms with Crippen LogP contribution in [-0.2, 0) is 17.8 Å². The predicted octanol–water partition coefficient (Wildman–Crippen LogP) is 1.45. The predicted molar refractivity (Wildman–Crippen MR) is 98.2 cm³/mol. The standard InChI is InChI=1S/C19H22N6O2/c1-15-21-22-18(27-15)11-19(26)24-9-7-23(8-10-24)13-16-12-20-25(14-16)17-5-3-2-4-6-17/h2-6,12,14H,7-11,13H2,1H3. The number of benzene rings is 1. The van der Waals surface area contributed by atoms with Gasteiger partial charge in [-0.25, -0.2) is 4.68 Å². The Bertz CT molecular complexity index is 896. The minimum Gasteiger partial charge on any atom is -0.425 e. The van der Waals surface area contributed by atoms with Crippen LogP contribution in [0.3, 0.4) is 0 Å². The zero-order valence-electron chi connectivity index (χ0n) is 15.3. The lowest BCUT2D eigenvalue weighted by molar-refractivity contribution is -0.132. The molecular weight excluding hydrogens is 344 g/mol. The Labute approximate surface area is 157 Å². The lowest BCUT2D eigenvalue weighted by atomic mass is 10.2. The van der Waals surface area contributed by atoms with Gasteiger partial charge >= 0.3 is 0 Å². The Kier molecular flexibility index (Phi) is 4.97. The second-order valence-corrected chi connectivity index (χ2v) is 6.68. The van der Waals surface area contributed by atoms with E-state index in [9.17, 15) is 4.79 Å². The molecule has 0 N–H and O–H groups in total. The maximum Gasteiger partial charge on any atom is 0.232 e. The van der Waals surface area contributed by atoms with E-state index in [2.05, 4.69) is 26.4 Å². The van der Waals surface area contributed by atoms with E-state index in [0.717, 1.165) is 25.3 Å². The number of aryl methyl sites for hydroxylation is 1. The Morgan fingerprint density at radius 2 is 1.89 bits per heavy atom. The highest BCUT2D eigenvalue weighted by atomic mass is 16.4. The van der Waals surface area contributed by atoms with Crippen LogP contribution in [0.25, 0.3) is 5.69 Å². The minimum absolute atomic E-state index is 0.0372. The molecule has 0 aliphatic carbocycles. The van der Waals surface area contributed by atoms with Crippen molar-refractivity contribution in [2.24, 2.45) is 0 Å². The number of para-hydroxylation sites is 1. The molecule has 1 aliphatic heterocycles. The molecule has 8 heteroatoms. The zero-order chi connectivity index (χ0) is 18.6. The summed E-state index contributed by atoms with van der Waals surface area (Å²) >= 11 is 0. The first kappa shape index (κ1) is 17.4. The lowest BCUT2D eigenvalue weighted by Gasteiger charge is -2.34. The fraction of sp³-hybridized carbons (Fsp3) is 0.368. The lowest BCUT2D eigenvalue weighted by Crippen LogP contribution is -2.48. The van der Waals surface area contributed by atoms with Crippen LogP contribution in [0.4, 0.5) is 0 Å². The Morgan fingerprint density at radius 1 is 1.11 bits per heavy atom. The number of hydrogen-bond acceptors (Lipinski definition) is 6. The molecule has 1 fully saturated rings. The number of aromatic nitrogens is 4. The van der Waals surface area contributed by atoms with Crippen LogP contribution in [0.5, 0.6) is 0 Å². The molecule has 1 aliphatic rings. The maximum atomic E-state index is 12.4. The summed E-state index contributed by atoms with van der Waals surface area (Å²) in [5.41, 5.74) is 2.22. The number of nitrogens with zero attached hydrogens (tertiary/aromatic N) is 6. The van der Waals surface area contributed by atoms with Gasteiger partial charge in [-0.15, -0.1) is 10.2 Å². The molecule has 1 amide bonds. The van der Waals surface area contributed by atoms with E-state index >= 15 is 0 Å². The fourth-order valence-corrected chi connectivity index (χ4v) is 3.23. The summed E-state index contributed by atoms with van der Waals surface area (Å²) in [6.45, 7) is 5.64. The van der Waals surface area contributed by atoms with Crippen LogP contribution in [-0.4, -0.2) is 61.9 Å². The summed E-state index contributed by atoms with van der Waals surface area (Å²) in [5.74, 6) is 0.905. The van der Waals surface area contributed by atoms with E-state index in [1.807, 2.05) is 46.1 Å². The highest BCUT2D eigenvalue weighted by Gasteiger charge is 2.23. The third-order valence-corrected chi connectivity index (χ3v) is 4.66. The summed E-state index contributed by atoms with van der Waals surface area (Å²) in [6, 6.07) is 10.1. The van der Waals surface area contributed by atoms with E-state index in [4.69, 9.17) is 4.42 Å². The van der Waals surface area contributed by atoms with Crippen LogP contribution in [0.2, 0.25) is 0 Å². The first-order valence-electron chi connectivity index (χ1n) is 9.05. The van der Waals surface area contributed by atoms with Crippen molar-refractivity contribution in [3.05, 3.63) is 60.1 Å². The number of carbonyl (C=O) groups is 1. The molecule has 3 heterocycles. The van der Waals surface area contributed by atoms with Gasteiger partial charge in [0.05, 0.1) is 11.9 Å². The molecule has 0 radical (unpaired) electrons. The highest BCUT2D eigenvalue weighted by Crippen LogP contribution is 2.12. The molecular formula is C19H22N6O2. The molecule has 27 heavy (non-hydrogen) atoms. The Hall–Kier alpha value is -3.00. The van der Waals surface area contributed by atoms with Crippen molar-refractivity contribution in [2.75, 3.05) is 26.2 Å². The van der Waals surface area contributed by atoms with Crippen molar-refractivity contribution >= 4 is 5.91 Å². The van der Waals surface area contributed by atoms with Crippen LogP contribution in [0.15, 0.2) is 47.1 Å². The van der Waals surface area contributed by atoms with Gasteiger partial charge < -0.3 is 9.32 Å². The van der Waals surface area contributed by atoms with Gasteiger partial charge in [0, 0.05) is 51.4 Å². The number of piperazine rings is 1. The molecule has 0 unspecified atom stereocenters. The molecule has 8 nitrogen and oxygen atoms in total. The Balaban J connectivity index is 1.28. The first-order valence-corrected chi connectivity index (χ1v) is 9.05.